The molecule has 3 aliphatic rings. The molecule has 3 aromatic carbocycles. The first-order chi connectivity index (χ1) is 17.9. The van der Waals surface area contributed by atoms with Gasteiger partial charge in [-0.25, -0.2) is 4.90 Å². The van der Waals surface area contributed by atoms with Crippen LogP contribution in [-0.4, -0.2) is 28.7 Å². The van der Waals surface area contributed by atoms with Crippen molar-refractivity contribution in [3.8, 4) is 0 Å². The van der Waals surface area contributed by atoms with Gasteiger partial charge in [0.2, 0.25) is 17.7 Å². The molecule has 7 nitrogen and oxygen atoms in total. The average Bonchev–Trinajstić information content (AvgIpc) is 3.57. The molecule has 0 aliphatic carbocycles. The number of hydrogen-bond acceptors (Lipinski definition) is 4. The van der Waals surface area contributed by atoms with E-state index < -0.39 is 23.4 Å². The van der Waals surface area contributed by atoms with Crippen molar-refractivity contribution in [1.82, 2.24) is 10.3 Å². The Bertz CT molecular complexity index is 1620. The SMILES string of the molecule is Cc1cc(C)cc(N2C(=O)[C@@H]3C(Cc4c[nH]c5ccccc45)NC4(C(=O)Nc5ccccc54)[C@@H]3C2=O)c1. The number of hydrogen-bond donors (Lipinski definition) is 3. The van der Waals surface area contributed by atoms with E-state index in [1.165, 1.54) is 4.90 Å². The van der Waals surface area contributed by atoms with Gasteiger partial charge in [0.25, 0.3) is 0 Å². The maximum absolute atomic E-state index is 14.2. The van der Waals surface area contributed by atoms with Crippen LogP contribution in [0.3, 0.4) is 0 Å². The lowest BCUT2D eigenvalue weighted by Crippen LogP contribution is -2.53. The van der Waals surface area contributed by atoms with Gasteiger partial charge in [-0.15, -0.1) is 0 Å². The van der Waals surface area contributed by atoms with Gasteiger partial charge >= 0.3 is 0 Å². The topological polar surface area (TPSA) is 94.3 Å². The first kappa shape index (κ1) is 22.0. The number of para-hydroxylation sites is 2. The molecule has 2 saturated heterocycles. The van der Waals surface area contributed by atoms with Crippen LogP contribution in [0.4, 0.5) is 11.4 Å². The molecule has 2 fully saturated rings. The van der Waals surface area contributed by atoms with Gasteiger partial charge in [-0.3, -0.25) is 19.7 Å². The Morgan fingerprint density at radius 1 is 0.892 bits per heavy atom. The standard InChI is InChI=1S/C30H26N4O3/c1-16-11-17(2)13-19(12-16)34-27(35)25-24(14-18-15-31-22-9-5-3-7-20(18)22)33-30(26(25)28(34)36)21-8-4-6-10-23(21)32-29(30)37/h3-13,15,24-26,31,33H,14H2,1-2H3,(H,32,37)/t24?,25-,26+,30?/m1/s1. The molecule has 3 N–H and O–H groups in total. The summed E-state index contributed by atoms with van der Waals surface area (Å²) in [7, 11) is 0. The minimum absolute atomic E-state index is 0.258. The first-order valence-corrected chi connectivity index (χ1v) is 12.6. The molecular weight excluding hydrogens is 464 g/mol. The van der Waals surface area contributed by atoms with Crippen molar-refractivity contribution in [3.05, 3.63) is 95.2 Å². The third-order valence-electron chi connectivity index (χ3n) is 8.20. The van der Waals surface area contributed by atoms with Crippen LogP contribution in [0.1, 0.15) is 22.3 Å². The fourth-order valence-electron chi connectivity index (χ4n) is 6.80. The minimum atomic E-state index is -1.31. The number of fused-ring (bicyclic) bond motifs is 5. The molecule has 4 aromatic rings. The molecule has 2 unspecified atom stereocenters. The first-order valence-electron chi connectivity index (χ1n) is 12.6. The monoisotopic (exact) mass is 490 g/mol. The number of nitrogens with zero attached hydrogens (tertiary/aromatic N) is 1. The fourth-order valence-corrected chi connectivity index (χ4v) is 6.80. The molecule has 1 spiro atoms. The van der Waals surface area contributed by atoms with Gasteiger partial charge in [-0.05, 0) is 61.2 Å². The van der Waals surface area contributed by atoms with Gasteiger partial charge in [0.1, 0.15) is 5.54 Å². The van der Waals surface area contributed by atoms with E-state index in [-0.39, 0.29) is 17.7 Å². The third kappa shape index (κ3) is 2.95. The lowest BCUT2D eigenvalue weighted by atomic mass is 9.76. The van der Waals surface area contributed by atoms with E-state index in [0.717, 1.165) is 33.2 Å². The second-order valence-corrected chi connectivity index (χ2v) is 10.5. The Morgan fingerprint density at radius 2 is 1.62 bits per heavy atom. The maximum Gasteiger partial charge on any atom is 0.250 e. The summed E-state index contributed by atoms with van der Waals surface area (Å²) < 4.78 is 0. The zero-order valence-corrected chi connectivity index (χ0v) is 20.5. The number of aryl methyl sites for hydroxylation is 2. The molecule has 3 aliphatic heterocycles. The maximum atomic E-state index is 14.2. The summed E-state index contributed by atoms with van der Waals surface area (Å²) in [5.41, 5.74) is 4.65. The summed E-state index contributed by atoms with van der Waals surface area (Å²) in [4.78, 5) is 46.6. The van der Waals surface area contributed by atoms with Crippen LogP contribution >= 0.6 is 0 Å². The highest BCUT2D eigenvalue weighted by Crippen LogP contribution is 2.54. The summed E-state index contributed by atoms with van der Waals surface area (Å²) in [5.74, 6) is -2.40. The van der Waals surface area contributed by atoms with Crippen LogP contribution in [0.2, 0.25) is 0 Å². The highest BCUT2D eigenvalue weighted by molar-refractivity contribution is 6.25. The number of anilines is 2. The summed E-state index contributed by atoms with van der Waals surface area (Å²) in [6.45, 7) is 3.90. The smallest absolute Gasteiger partial charge is 0.250 e. The molecule has 184 valence electrons. The molecule has 3 amide bonds. The molecule has 37 heavy (non-hydrogen) atoms. The van der Waals surface area contributed by atoms with Gasteiger partial charge in [0.15, 0.2) is 0 Å². The molecule has 7 heteroatoms. The van der Waals surface area contributed by atoms with Crippen molar-refractivity contribution in [2.45, 2.75) is 31.8 Å². The third-order valence-corrected chi connectivity index (χ3v) is 8.20. The molecule has 1 aromatic heterocycles. The molecule has 7 rings (SSSR count). The van der Waals surface area contributed by atoms with Crippen molar-refractivity contribution in [2.75, 3.05) is 10.2 Å². The van der Waals surface area contributed by atoms with Crippen LogP contribution in [-0.2, 0) is 26.3 Å². The van der Waals surface area contributed by atoms with E-state index in [1.54, 1.807) is 0 Å². The average molecular weight is 491 g/mol. The Labute approximate surface area is 213 Å². The lowest BCUT2D eigenvalue weighted by molar-refractivity contribution is -0.130. The van der Waals surface area contributed by atoms with Gasteiger partial charge < -0.3 is 10.3 Å². The zero-order valence-electron chi connectivity index (χ0n) is 20.5. The van der Waals surface area contributed by atoms with E-state index in [9.17, 15) is 14.4 Å². The number of aromatic nitrogens is 1. The lowest BCUT2D eigenvalue weighted by Gasteiger charge is -2.29. The molecule has 0 bridgehead atoms. The zero-order chi connectivity index (χ0) is 25.5. The second kappa shape index (κ2) is 7.63. The Balaban J connectivity index is 1.38. The Hall–Kier alpha value is -4.23. The van der Waals surface area contributed by atoms with Crippen molar-refractivity contribution in [2.24, 2.45) is 11.8 Å². The van der Waals surface area contributed by atoms with Crippen molar-refractivity contribution >= 4 is 40.0 Å². The number of amides is 3. The minimum Gasteiger partial charge on any atom is -0.361 e. The van der Waals surface area contributed by atoms with E-state index in [1.807, 2.05) is 86.8 Å². The molecule has 4 atom stereocenters. The molecule has 4 heterocycles. The number of H-pyrrole nitrogens is 1. The highest BCUT2D eigenvalue weighted by Gasteiger charge is 2.70. The van der Waals surface area contributed by atoms with E-state index >= 15 is 0 Å². The molecular formula is C30H26N4O3. The van der Waals surface area contributed by atoms with Gasteiger partial charge in [0.05, 0.1) is 17.5 Å². The number of rotatable bonds is 3. The summed E-state index contributed by atoms with van der Waals surface area (Å²) in [6, 6.07) is 20.8. The number of nitrogens with one attached hydrogen (secondary N) is 3. The van der Waals surface area contributed by atoms with Crippen molar-refractivity contribution < 1.29 is 14.4 Å². The fraction of sp³-hybridized carbons (Fsp3) is 0.233. The summed E-state index contributed by atoms with van der Waals surface area (Å²) in [6.07, 6.45) is 2.46. The predicted molar refractivity (Wildman–Crippen MR) is 141 cm³/mol. The molecule has 0 radical (unpaired) electrons. The summed E-state index contributed by atoms with van der Waals surface area (Å²) in [5, 5.41) is 7.58. The second-order valence-electron chi connectivity index (χ2n) is 10.5. The largest absolute Gasteiger partial charge is 0.361 e. The number of carbonyl (C=O) groups excluding carboxylic acids is 3. The summed E-state index contributed by atoms with van der Waals surface area (Å²) >= 11 is 0. The van der Waals surface area contributed by atoms with Gasteiger partial charge in [-0.1, -0.05) is 42.5 Å². The quantitative estimate of drug-likeness (QED) is 0.379. The number of aromatic amines is 1. The number of imide groups is 1. The van der Waals surface area contributed by atoms with E-state index in [0.29, 0.717) is 17.8 Å². The Morgan fingerprint density at radius 3 is 2.43 bits per heavy atom. The predicted octanol–water partition coefficient (Wildman–Crippen LogP) is 3.95. The van der Waals surface area contributed by atoms with Crippen LogP contribution in [0.15, 0.2) is 72.9 Å². The highest BCUT2D eigenvalue weighted by atomic mass is 16.2. The van der Waals surface area contributed by atoms with Crippen molar-refractivity contribution in [3.63, 3.8) is 0 Å². The van der Waals surface area contributed by atoms with Crippen LogP contribution < -0.4 is 15.5 Å². The normalized spacial score (nSPS) is 26.3. The van der Waals surface area contributed by atoms with E-state index in [2.05, 4.69) is 15.6 Å². The van der Waals surface area contributed by atoms with E-state index in [4.69, 9.17) is 0 Å². The number of carbonyl (C=O) groups is 3. The molecule has 0 saturated carbocycles. The Kier molecular flexibility index (Phi) is 4.54. The van der Waals surface area contributed by atoms with Crippen LogP contribution in [0, 0.1) is 25.7 Å². The van der Waals surface area contributed by atoms with Gasteiger partial charge in [0, 0.05) is 34.4 Å². The number of benzene rings is 3. The van der Waals surface area contributed by atoms with Gasteiger partial charge in [-0.2, -0.15) is 0 Å². The van der Waals surface area contributed by atoms with Crippen LogP contribution in [0.5, 0.6) is 0 Å². The van der Waals surface area contributed by atoms with Crippen molar-refractivity contribution in [1.29, 1.82) is 0 Å². The van der Waals surface area contributed by atoms with Crippen LogP contribution in [0.25, 0.3) is 10.9 Å².